The van der Waals surface area contributed by atoms with Crippen LogP contribution in [0.2, 0.25) is 0 Å². The highest BCUT2D eigenvalue weighted by Crippen LogP contribution is 2.14. The van der Waals surface area contributed by atoms with Crippen molar-refractivity contribution < 1.29 is 9.47 Å². The van der Waals surface area contributed by atoms with Crippen molar-refractivity contribution in [3.05, 3.63) is 0 Å². The molecule has 1 aliphatic rings. The van der Waals surface area contributed by atoms with Gasteiger partial charge in [0.2, 0.25) is 6.41 Å². The van der Waals surface area contributed by atoms with Crippen LogP contribution >= 0.6 is 0 Å². The molecule has 0 aliphatic heterocycles. The molecule has 1 aliphatic carbocycles. The molecule has 0 aromatic heterocycles. The molecule has 68 valence electrons. The van der Waals surface area contributed by atoms with Crippen LogP contribution in [0.15, 0.2) is 0 Å². The maximum absolute atomic E-state index is 5.25. The van der Waals surface area contributed by atoms with E-state index >= 15 is 0 Å². The minimum absolute atomic E-state index is 0.537. The van der Waals surface area contributed by atoms with Gasteiger partial charge >= 0.3 is 0 Å². The predicted molar refractivity (Wildman–Crippen MR) is 45.1 cm³/mol. The fourth-order valence-electron chi connectivity index (χ4n) is 0.377. The van der Waals surface area contributed by atoms with E-state index in [2.05, 4.69) is 0 Å². The Morgan fingerprint density at radius 1 is 1.09 bits per heavy atom. The van der Waals surface area contributed by atoms with Gasteiger partial charge in [0, 0.05) is 13.2 Å². The van der Waals surface area contributed by atoms with Crippen LogP contribution in [0, 0.1) is 0 Å². The van der Waals surface area contributed by atoms with Crippen LogP contribution in [-0.2, 0) is 9.47 Å². The molecule has 0 aromatic carbocycles. The highest BCUT2D eigenvalue weighted by atomic mass is 16.7. The van der Waals surface area contributed by atoms with Gasteiger partial charge in [-0.05, 0) is 13.8 Å². The summed E-state index contributed by atoms with van der Waals surface area (Å²) in [6.07, 6.45) is 3.96. The number of nitrogens with two attached hydrogens (primary N) is 1. The molecule has 0 atom stereocenters. The molecule has 1 fully saturated rings. The Balaban J connectivity index is 0.000000271. The molecule has 0 aromatic rings. The van der Waals surface area contributed by atoms with E-state index in [4.69, 9.17) is 15.2 Å². The van der Waals surface area contributed by atoms with E-state index in [-0.39, 0.29) is 0 Å². The lowest BCUT2D eigenvalue weighted by Gasteiger charge is -2.09. The quantitative estimate of drug-likeness (QED) is 0.635. The molecule has 2 N–H and O–H groups in total. The molecule has 3 nitrogen and oxygen atoms in total. The topological polar surface area (TPSA) is 44.5 Å². The van der Waals surface area contributed by atoms with Crippen molar-refractivity contribution in [1.29, 1.82) is 0 Å². The second-order valence-corrected chi connectivity index (χ2v) is 2.34. The van der Waals surface area contributed by atoms with E-state index in [1.165, 1.54) is 19.3 Å². The number of hydrogen-bond donors (Lipinski definition) is 1. The third-order valence-corrected chi connectivity index (χ3v) is 1.02. The molecular formula is C8H19NO2. The van der Waals surface area contributed by atoms with Crippen LogP contribution in [0.3, 0.4) is 0 Å². The smallest absolute Gasteiger partial charge is 0.213 e. The first-order chi connectivity index (χ1) is 5.31. The van der Waals surface area contributed by atoms with Crippen LogP contribution in [0.5, 0.6) is 0 Å². The molecule has 1 rings (SSSR count). The second kappa shape index (κ2) is 7.98. The summed E-state index contributed by atoms with van der Waals surface area (Å²) in [6.45, 7) is 4.94. The summed E-state index contributed by atoms with van der Waals surface area (Å²) in [4.78, 5) is 0. The van der Waals surface area contributed by atoms with Gasteiger partial charge in [-0.25, -0.2) is 0 Å². The van der Waals surface area contributed by atoms with Crippen molar-refractivity contribution in [3.63, 3.8) is 0 Å². The first-order valence-corrected chi connectivity index (χ1v) is 4.30. The van der Waals surface area contributed by atoms with E-state index in [1.54, 1.807) is 0 Å². The average Bonchev–Trinajstić information content (AvgIpc) is 2.72. The summed E-state index contributed by atoms with van der Waals surface area (Å²) in [7, 11) is 0. The van der Waals surface area contributed by atoms with Crippen LogP contribution < -0.4 is 5.73 Å². The Morgan fingerprint density at radius 2 is 1.45 bits per heavy atom. The number of rotatable bonds is 4. The minimum atomic E-state index is -0.537. The molecule has 3 heteroatoms. The van der Waals surface area contributed by atoms with E-state index in [9.17, 15) is 0 Å². The van der Waals surface area contributed by atoms with Crippen LogP contribution in [0.25, 0.3) is 0 Å². The normalized spacial score (nSPS) is 14.2. The zero-order chi connectivity index (χ0) is 8.53. The van der Waals surface area contributed by atoms with Gasteiger partial charge in [0.1, 0.15) is 0 Å². The molecule has 0 unspecified atom stereocenters. The molecule has 0 bridgehead atoms. The summed E-state index contributed by atoms with van der Waals surface area (Å²) in [6, 6.07) is 0. The van der Waals surface area contributed by atoms with Gasteiger partial charge in [-0.15, -0.1) is 0 Å². The van der Waals surface area contributed by atoms with Crippen molar-refractivity contribution in [3.8, 4) is 0 Å². The van der Waals surface area contributed by atoms with Crippen LogP contribution in [0.1, 0.15) is 33.1 Å². The minimum Gasteiger partial charge on any atom is -0.340 e. The van der Waals surface area contributed by atoms with E-state index < -0.39 is 6.41 Å². The first kappa shape index (κ1) is 10.9. The summed E-state index contributed by atoms with van der Waals surface area (Å²) in [5.41, 5.74) is 5.25. The molecule has 11 heavy (non-hydrogen) atoms. The Hall–Kier alpha value is -0.120. The van der Waals surface area contributed by atoms with Gasteiger partial charge in [-0.2, -0.15) is 0 Å². The summed E-state index contributed by atoms with van der Waals surface area (Å²) in [5, 5.41) is 0. The third-order valence-electron chi connectivity index (χ3n) is 1.02. The van der Waals surface area contributed by atoms with Gasteiger partial charge in [0.15, 0.2) is 0 Å². The average molecular weight is 161 g/mol. The molecular weight excluding hydrogens is 142 g/mol. The maximum atomic E-state index is 5.25. The molecule has 0 saturated heterocycles. The van der Waals surface area contributed by atoms with Gasteiger partial charge in [0.05, 0.1) is 0 Å². The summed E-state index contributed by atoms with van der Waals surface area (Å²) in [5.74, 6) is 0. The van der Waals surface area contributed by atoms with E-state index in [1.807, 2.05) is 13.8 Å². The predicted octanol–water partition coefficient (Wildman–Crippen LogP) is 1.47. The van der Waals surface area contributed by atoms with Gasteiger partial charge in [-0.3, -0.25) is 5.73 Å². The Morgan fingerprint density at radius 3 is 1.64 bits per heavy atom. The lowest BCUT2D eigenvalue weighted by atomic mass is 10.8. The monoisotopic (exact) mass is 161 g/mol. The van der Waals surface area contributed by atoms with Crippen molar-refractivity contribution >= 4 is 0 Å². The van der Waals surface area contributed by atoms with Crippen molar-refractivity contribution in [2.45, 2.75) is 39.5 Å². The Kier molecular flexibility index (Phi) is 7.89. The standard InChI is InChI=1S/C5H13NO2.C3H6/c1-3-7-5(6)8-4-2;1-2-3-1/h5H,3-4,6H2,1-2H3;1-3H2. The molecule has 0 spiro atoms. The van der Waals surface area contributed by atoms with Gasteiger partial charge < -0.3 is 9.47 Å². The van der Waals surface area contributed by atoms with Crippen molar-refractivity contribution in [2.75, 3.05) is 13.2 Å². The highest BCUT2D eigenvalue weighted by Gasteiger charge is 1.95. The van der Waals surface area contributed by atoms with E-state index in [0.717, 1.165) is 0 Å². The molecule has 1 saturated carbocycles. The number of ether oxygens (including phenoxy) is 2. The zero-order valence-corrected chi connectivity index (χ0v) is 7.51. The van der Waals surface area contributed by atoms with Gasteiger partial charge in [-0.1, -0.05) is 19.3 Å². The number of hydrogen-bond acceptors (Lipinski definition) is 3. The Labute approximate surface area is 68.9 Å². The van der Waals surface area contributed by atoms with E-state index in [0.29, 0.717) is 13.2 Å². The first-order valence-electron chi connectivity index (χ1n) is 4.30. The lowest BCUT2D eigenvalue weighted by Crippen LogP contribution is -2.26. The van der Waals surface area contributed by atoms with Crippen molar-refractivity contribution in [1.82, 2.24) is 0 Å². The van der Waals surface area contributed by atoms with Crippen molar-refractivity contribution in [2.24, 2.45) is 5.73 Å². The highest BCUT2D eigenvalue weighted by molar-refractivity contribution is 4.50. The third kappa shape index (κ3) is 13.0. The van der Waals surface area contributed by atoms with Crippen LogP contribution in [0.4, 0.5) is 0 Å². The lowest BCUT2D eigenvalue weighted by molar-refractivity contribution is -0.131. The SMILES string of the molecule is C1CC1.CCOC(N)OCC. The molecule has 0 radical (unpaired) electrons. The largest absolute Gasteiger partial charge is 0.340 e. The van der Waals surface area contributed by atoms with Gasteiger partial charge in [0.25, 0.3) is 0 Å². The molecule has 0 amide bonds. The Bertz CT molecular complexity index is 67.7. The molecule has 0 heterocycles. The summed E-state index contributed by atoms with van der Waals surface area (Å²) >= 11 is 0. The second-order valence-electron chi connectivity index (χ2n) is 2.34. The fraction of sp³-hybridized carbons (Fsp3) is 1.00. The van der Waals surface area contributed by atoms with Crippen LogP contribution in [-0.4, -0.2) is 19.6 Å². The maximum Gasteiger partial charge on any atom is 0.213 e. The fourth-order valence-corrected chi connectivity index (χ4v) is 0.377. The zero-order valence-electron chi connectivity index (χ0n) is 7.51. The summed E-state index contributed by atoms with van der Waals surface area (Å²) < 4.78 is 9.68.